The highest BCUT2D eigenvalue weighted by Crippen LogP contribution is 2.35. The number of aromatic nitrogens is 4. The van der Waals surface area contributed by atoms with Gasteiger partial charge in [-0.1, -0.05) is 42.5 Å². The first-order chi connectivity index (χ1) is 14.6. The average Bonchev–Trinajstić information content (AvgIpc) is 3.27. The Morgan fingerprint density at radius 3 is 2.60 bits per heavy atom. The smallest absolute Gasteiger partial charge is 0.204 e. The van der Waals surface area contributed by atoms with Gasteiger partial charge in [-0.25, -0.2) is 0 Å². The van der Waals surface area contributed by atoms with E-state index in [2.05, 4.69) is 69.0 Å². The third-order valence-corrected chi connectivity index (χ3v) is 5.87. The summed E-state index contributed by atoms with van der Waals surface area (Å²) in [6.45, 7) is 11.2. The fourth-order valence-electron chi connectivity index (χ4n) is 4.37. The van der Waals surface area contributed by atoms with Crippen LogP contribution < -0.4 is 0 Å². The lowest BCUT2D eigenvalue weighted by Crippen LogP contribution is -2.57. The van der Waals surface area contributed by atoms with Crippen molar-refractivity contribution in [3.8, 4) is 17.1 Å². The van der Waals surface area contributed by atoms with E-state index in [9.17, 15) is 5.11 Å². The summed E-state index contributed by atoms with van der Waals surface area (Å²) in [5.74, 6) is 0.863. The van der Waals surface area contributed by atoms with E-state index in [0.717, 1.165) is 30.8 Å². The first-order valence-corrected chi connectivity index (χ1v) is 10.3. The first kappa shape index (κ1) is 20.3. The zero-order chi connectivity index (χ0) is 21.1. The van der Waals surface area contributed by atoms with Gasteiger partial charge >= 0.3 is 0 Å². The molecule has 1 aromatic heterocycles. The van der Waals surface area contributed by atoms with Crippen LogP contribution in [0.1, 0.15) is 31.0 Å². The third-order valence-electron chi connectivity index (χ3n) is 5.87. The van der Waals surface area contributed by atoms with E-state index in [1.807, 2.05) is 30.3 Å². The summed E-state index contributed by atoms with van der Waals surface area (Å²) < 4.78 is 0. The molecule has 0 unspecified atom stereocenters. The minimum absolute atomic E-state index is 0.0414. The van der Waals surface area contributed by atoms with Gasteiger partial charge in [-0.3, -0.25) is 9.80 Å². The van der Waals surface area contributed by atoms with Crippen LogP contribution in [0.5, 0.6) is 5.75 Å². The number of piperazine rings is 1. The molecule has 30 heavy (non-hydrogen) atoms. The van der Waals surface area contributed by atoms with Crippen LogP contribution in [0.25, 0.3) is 11.4 Å². The molecule has 3 atom stereocenters. The van der Waals surface area contributed by atoms with Gasteiger partial charge in [0.05, 0.1) is 6.04 Å². The molecular formula is C23H28N6O. The Balaban J connectivity index is 1.69. The Labute approximate surface area is 177 Å². The van der Waals surface area contributed by atoms with Gasteiger partial charge in [-0.05, 0) is 42.3 Å². The van der Waals surface area contributed by atoms with Gasteiger partial charge in [0.1, 0.15) is 5.75 Å². The summed E-state index contributed by atoms with van der Waals surface area (Å²) in [6.07, 6.45) is 1.97. The van der Waals surface area contributed by atoms with E-state index in [1.165, 1.54) is 5.56 Å². The van der Waals surface area contributed by atoms with Crippen molar-refractivity contribution in [2.24, 2.45) is 0 Å². The number of tetrazole rings is 1. The highest BCUT2D eigenvalue weighted by atomic mass is 16.3. The number of rotatable bonds is 6. The van der Waals surface area contributed by atoms with Gasteiger partial charge in [-0.2, -0.15) is 5.21 Å². The van der Waals surface area contributed by atoms with Crippen molar-refractivity contribution in [2.75, 3.05) is 19.6 Å². The molecule has 0 bridgehead atoms. The summed E-state index contributed by atoms with van der Waals surface area (Å²) >= 11 is 0. The van der Waals surface area contributed by atoms with Crippen molar-refractivity contribution in [3.63, 3.8) is 0 Å². The monoisotopic (exact) mass is 404 g/mol. The van der Waals surface area contributed by atoms with Crippen LogP contribution in [0.2, 0.25) is 0 Å². The van der Waals surface area contributed by atoms with Crippen molar-refractivity contribution >= 4 is 0 Å². The molecular weight excluding hydrogens is 376 g/mol. The van der Waals surface area contributed by atoms with Crippen LogP contribution in [-0.2, 0) is 0 Å². The largest absolute Gasteiger partial charge is 0.508 e. The number of nitrogens with one attached hydrogen (secondary N) is 1. The van der Waals surface area contributed by atoms with Gasteiger partial charge in [0, 0.05) is 37.3 Å². The number of aromatic amines is 1. The highest BCUT2D eigenvalue weighted by Gasteiger charge is 2.34. The SMILES string of the molecule is C=CCN1C[C@H](C)N([C@H](c2ccc(-c3nn[nH]n3)cc2)c2cccc(O)c2)C[C@H]1C. The zero-order valence-corrected chi connectivity index (χ0v) is 17.4. The molecule has 7 nitrogen and oxygen atoms in total. The third kappa shape index (κ3) is 4.13. The number of phenols is 1. The quantitative estimate of drug-likeness (QED) is 0.614. The van der Waals surface area contributed by atoms with Gasteiger partial charge < -0.3 is 5.11 Å². The number of hydrogen-bond acceptors (Lipinski definition) is 6. The predicted octanol–water partition coefficient (Wildman–Crippen LogP) is 3.24. The molecule has 0 radical (unpaired) electrons. The van der Waals surface area contributed by atoms with E-state index < -0.39 is 0 Å². The highest BCUT2D eigenvalue weighted by molar-refractivity contribution is 5.55. The number of aromatic hydroxyl groups is 1. The molecule has 1 fully saturated rings. The number of nitrogens with zero attached hydrogens (tertiary/aromatic N) is 5. The van der Waals surface area contributed by atoms with Crippen molar-refractivity contribution in [3.05, 3.63) is 72.3 Å². The van der Waals surface area contributed by atoms with E-state index in [4.69, 9.17) is 0 Å². The topological polar surface area (TPSA) is 81.2 Å². The number of hydrogen-bond donors (Lipinski definition) is 2. The molecule has 1 aliphatic heterocycles. The van der Waals surface area contributed by atoms with Crippen LogP contribution in [-0.4, -0.2) is 67.2 Å². The second-order valence-corrected chi connectivity index (χ2v) is 7.99. The van der Waals surface area contributed by atoms with Gasteiger partial charge in [-0.15, -0.1) is 16.8 Å². The second-order valence-electron chi connectivity index (χ2n) is 7.99. The predicted molar refractivity (Wildman–Crippen MR) is 117 cm³/mol. The zero-order valence-electron chi connectivity index (χ0n) is 17.4. The Morgan fingerprint density at radius 1 is 1.13 bits per heavy atom. The van der Waals surface area contributed by atoms with Gasteiger partial charge in [0.2, 0.25) is 5.82 Å². The fourth-order valence-corrected chi connectivity index (χ4v) is 4.37. The molecule has 156 valence electrons. The molecule has 1 aliphatic rings. The van der Waals surface area contributed by atoms with Gasteiger partial charge in [0.25, 0.3) is 0 Å². The van der Waals surface area contributed by atoms with Crippen molar-refractivity contribution < 1.29 is 5.11 Å². The Kier molecular flexibility index (Phi) is 5.92. The molecule has 3 aromatic rings. The lowest BCUT2D eigenvalue weighted by atomic mass is 9.92. The van der Waals surface area contributed by atoms with Crippen LogP contribution in [0.4, 0.5) is 0 Å². The number of phenolic OH excluding ortho intramolecular Hbond substituents is 1. The molecule has 2 aromatic carbocycles. The molecule has 2 heterocycles. The van der Waals surface area contributed by atoms with E-state index in [0.29, 0.717) is 17.9 Å². The molecule has 1 saturated heterocycles. The van der Waals surface area contributed by atoms with Crippen LogP contribution >= 0.6 is 0 Å². The van der Waals surface area contributed by atoms with Crippen LogP contribution in [0.3, 0.4) is 0 Å². The molecule has 4 rings (SSSR count). The summed E-state index contributed by atoms with van der Waals surface area (Å²) in [5, 5.41) is 24.4. The maximum Gasteiger partial charge on any atom is 0.204 e. The van der Waals surface area contributed by atoms with Gasteiger partial charge in [0.15, 0.2) is 0 Å². The molecule has 2 N–H and O–H groups in total. The standard InChI is InChI=1S/C23H28N6O/c1-4-12-28-14-17(3)29(15-16(28)2)22(20-6-5-7-21(30)13-20)18-8-10-19(11-9-18)23-24-26-27-25-23/h4-11,13,16-17,22,30H,1,12,14-15H2,2-3H3,(H,24,25,26,27)/t16-,17+,22-/m1/s1. The Hall–Kier alpha value is -3.03. The molecule has 0 amide bonds. The fraction of sp³-hybridized carbons (Fsp3) is 0.348. The minimum Gasteiger partial charge on any atom is -0.508 e. The van der Waals surface area contributed by atoms with Crippen molar-refractivity contribution in [1.82, 2.24) is 30.4 Å². The van der Waals surface area contributed by atoms with E-state index in [1.54, 1.807) is 6.07 Å². The number of H-pyrrole nitrogens is 1. The summed E-state index contributed by atoms with van der Waals surface area (Å²) in [7, 11) is 0. The molecule has 7 heteroatoms. The summed E-state index contributed by atoms with van der Waals surface area (Å²) in [5.41, 5.74) is 3.17. The molecule has 0 spiro atoms. The lowest BCUT2D eigenvalue weighted by Gasteiger charge is -2.47. The number of benzene rings is 2. The van der Waals surface area contributed by atoms with E-state index >= 15 is 0 Å². The van der Waals surface area contributed by atoms with Crippen molar-refractivity contribution in [2.45, 2.75) is 32.0 Å². The second kappa shape index (κ2) is 8.77. The Bertz CT molecular complexity index is 972. The van der Waals surface area contributed by atoms with Crippen molar-refractivity contribution in [1.29, 1.82) is 0 Å². The minimum atomic E-state index is 0.0414. The normalized spacial score (nSPS) is 21.4. The summed E-state index contributed by atoms with van der Waals surface area (Å²) in [4.78, 5) is 5.00. The first-order valence-electron chi connectivity index (χ1n) is 10.3. The summed E-state index contributed by atoms with van der Waals surface area (Å²) in [6, 6.07) is 16.7. The maximum atomic E-state index is 10.1. The van der Waals surface area contributed by atoms with Crippen LogP contribution in [0, 0.1) is 0 Å². The molecule has 0 saturated carbocycles. The Morgan fingerprint density at radius 2 is 1.93 bits per heavy atom. The average molecular weight is 405 g/mol. The van der Waals surface area contributed by atoms with Crippen LogP contribution in [0.15, 0.2) is 61.2 Å². The maximum absolute atomic E-state index is 10.1. The lowest BCUT2D eigenvalue weighted by molar-refractivity contribution is 0.0306. The molecule has 0 aliphatic carbocycles. The van der Waals surface area contributed by atoms with E-state index in [-0.39, 0.29) is 11.8 Å².